The molecule has 0 unspecified atom stereocenters. The van der Waals surface area contributed by atoms with Crippen molar-refractivity contribution in [3.8, 4) is 17.2 Å². The minimum absolute atomic E-state index is 0.0706. The van der Waals surface area contributed by atoms with Gasteiger partial charge in [0, 0.05) is 38.4 Å². The summed E-state index contributed by atoms with van der Waals surface area (Å²) in [5, 5.41) is 0. The number of ether oxygens (including phenoxy) is 3. The molecule has 1 fully saturated rings. The minimum atomic E-state index is -3.29. The van der Waals surface area contributed by atoms with E-state index in [0.717, 1.165) is 5.82 Å². The van der Waals surface area contributed by atoms with E-state index >= 15 is 0 Å². The molecule has 0 N–H and O–H groups in total. The van der Waals surface area contributed by atoms with Gasteiger partial charge in [0.05, 0.1) is 12.4 Å². The van der Waals surface area contributed by atoms with Gasteiger partial charge in [-0.3, -0.25) is 0 Å². The Labute approximate surface area is 164 Å². The molecular weight excluding hydrogens is 382 g/mol. The molecule has 3 heterocycles. The largest absolute Gasteiger partial charge is 0.493 e. The quantitative estimate of drug-likeness (QED) is 0.649. The molecule has 2 aromatic rings. The lowest BCUT2D eigenvalue weighted by atomic mass is 10.3. The van der Waals surface area contributed by atoms with Crippen LogP contribution in [0.15, 0.2) is 42.6 Å². The number of benzene rings is 1. The average Bonchev–Trinajstić information content (AvgIpc) is 3.20. The fourth-order valence-electron chi connectivity index (χ4n) is 3.26. The summed E-state index contributed by atoms with van der Waals surface area (Å²) in [6, 6.07) is 11.1. The van der Waals surface area contributed by atoms with Crippen molar-refractivity contribution in [3.05, 3.63) is 42.6 Å². The number of sulfonamides is 1. The van der Waals surface area contributed by atoms with Crippen molar-refractivity contribution in [3.63, 3.8) is 0 Å². The average molecular weight is 405 g/mol. The lowest BCUT2D eigenvalue weighted by Gasteiger charge is -2.34. The second kappa shape index (κ2) is 8.24. The maximum atomic E-state index is 12.6. The molecule has 1 saturated heterocycles. The van der Waals surface area contributed by atoms with Crippen LogP contribution in [0.5, 0.6) is 17.2 Å². The summed E-state index contributed by atoms with van der Waals surface area (Å²) in [4.78, 5) is 6.43. The fraction of sp³-hybridized carbons (Fsp3) is 0.421. The van der Waals surface area contributed by atoms with Gasteiger partial charge in [0.15, 0.2) is 11.5 Å². The molecule has 1 aromatic heterocycles. The lowest BCUT2D eigenvalue weighted by molar-refractivity contribution is 0.173. The normalized spacial score (nSPS) is 16.9. The molecule has 0 bridgehead atoms. The second-order valence-corrected chi connectivity index (χ2v) is 8.70. The first kappa shape index (κ1) is 18.8. The van der Waals surface area contributed by atoms with Crippen LogP contribution in [0.25, 0.3) is 0 Å². The van der Waals surface area contributed by atoms with Crippen LogP contribution in [0.1, 0.15) is 6.42 Å². The Morgan fingerprint density at radius 2 is 1.86 bits per heavy atom. The van der Waals surface area contributed by atoms with Gasteiger partial charge in [-0.1, -0.05) is 6.07 Å². The Kier molecular flexibility index (Phi) is 5.54. The number of hydrogen-bond donors (Lipinski definition) is 0. The number of hydrogen-bond acceptors (Lipinski definition) is 7. The number of fused-ring (bicyclic) bond motifs is 1. The number of nitrogens with zero attached hydrogens (tertiary/aromatic N) is 3. The van der Waals surface area contributed by atoms with Crippen molar-refractivity contribution >= 4 is 15.8 Å². The molecule has 2 aliphatic heterocycles. The van der Waals surface area contributed by atoms with Crippen molar-refractivity contribution in [2.24, 2.45) is 0 Å². The summed E-state index contributed by atoms with van der Waals surface area (Å²) in [6.45, 7) is 2.77. The second-order valence-electron chi connectivity index (χ2n) is 6.61. The highest BCUT2D eigenvalue weighted by atomic mass is 32.2. The Morgan fingerprint density at radius 1 is 1.04 bits per heavy atom. The van der Waals surface area contributed by atoms with Gasteiger partial charge in [-0.2, -0.15) is 4.31 Å². The van der Waals surface area contributed by atoms with Crippen molar-refractivity contribution in [2.75, 3.05) is 50.2 Å². The molecule has 1 aromatic carbocycles. The number of aromatic nitrogens is 1. The first-order valence-corrected chi connectivity index (χ1v) is 10.9. The summed E-state index contributed by atoms with van der Waals surface area (Å²) >= 11 is 0. The Hall–Kier alpha value is -2.52. The maximum Gasteiger partial charge on any atom is 0.231 e. The van der Waals surface area contributed by atoms with Gasteiger partial charge >= 0.3 is 0 Å². The molecule has 0 atom stereocenters. The third kappa shape index (κ3) is 4.31. The number of piperazine rings is 1. The molecule has 0 amide bonds. The third-order valence-corrected chi connectivity index (χ3v) is 6.72. The topological polar surface area (TPSA) is 81.2 Å². The lowest BCUT2D eigenvalue weighted by Crippen LogP contribution is -2.49. The van der Waals surface area contributed by atoms with Crippen molar-refractivity contribution in [1.82, 2.24) is 9.29 Å². The van der Waals surface area contributed by atoms with E-state index in [2.05, 4.69) is 9.88 Å². The molecule has 0 radical (unpaired) electrons. The van der Waals surface area contributed by atoms with Gasteiger partial charge in [0.25, 0.3) is 0 Å². The fourth-order valence-corrected chi connectivity index (χ4v) is 4.72. The van der Waals surface area contributed by atoms with E-state index in [0.29, 0.717) is 56.5 Å². The summed E-state index contributed by atoms with van der Waals surface area (Å²) in [7, 11) is -3.29. The Morgan fingerprint density at radius 3 is 2.64 bits per heavy atom. The van der Waals surface area contributed by atoms with E-state index in [9.17, 15) is 8.42 Å². The van der Waals surface area contributed by atoms with E-state index < -0.39 is 10.0 Å². The summed E-state index contributed by atoms with van der Waals surface area (Å²) in [5.41, 5.74) is 0. The highest BCUT2D eigenvalue weighted by molar-refractivity contribution is 7.89. The summed E-state index contributed by atoms with van der Waals surface area (Å²) in [5.74, 6) is 2.94. The molecule has 2 aliphatic rings. The third-order valence-electron chi connectivity index (χ3n) is 4.76. The van der Waals surface area contributed by atoms with E-state index in [1.165, 1.54) is 0 Å². The molecule has 150 valence electrons. The van der Waals surface area contributed by atoms with Crippen molar-refractivity contribution in [1.29, 1.82) is 0 Å². The van der Waals surface area contributed by atoms with Crippen molar-refractivity contribution in [2.45, 2.75) is 6.42 Å². The minimum Gasteiger partial charge on any atom is -0.493 e. The zero-order valence-corrected chi connectivity index (χ0v) is 16.3. The van der Waals surface area contributed by atoms with E-state index in [1.807, 2.05) is 18.2 Å². The van der Waals surface area contributed by atoms with Crippen molar-refractivity contribution < 1.29 is 22.6 Å². The van der Waals surface area contributed by atoms with Crippen LogP contribution < -0.4 is 19.1 Å². The zero-order chi connectivity index (χ0) is 19.4. The van der Waals surface area contributed by atoms with Crippen LogP contribution >= 0.6 is 0 Å². The Balaban J connectivity index is 1.22. The molecule has 0 saturated carbocycles. The van der Waals surface area contributed by atoms with Gasteiger partial charge < -0.3 is 19.1 Å². The van der Waals surface area contributed by atoms with Crippen LogP contribution in [-0.4, -0.2) is 63.0 Å². The zero-order valence-electron chi connectivity index (χ0n) is 15.5. The van der Waals surface area contributed by atoms with E-state index in [1.54, 1.807) is 28.7 Å². The predicted octanol–water partition coefficient (Wildman–Crippen LogP) is 1.73. The first-order chi connectivity index (χ1) is 13.6. The predicted molar refractivity (Wildman–Crippen MR) is 104 cm³/mol. The highest BCUT2D eigenvalue weighted by Gasteiger charge is 2.27. The van der Waals surface area contributed by atoms with Crippen LogP contribution in [0, 0.1) is 0 Å². The molecule has 0 spiro atoms. The molecule has 28 heavy (non-hydrogen) atoms. The Bertz CT molecular complexity index is 899. The molecule has 8 nitrogen and oxygen atoms in total. The summed E-state index contributed by atoms with van der Waals surface area (Å²) in [6.07, 6.45) is 2.18. The molecule has 4 rings (SSSR count). The monoisotopic (exact) mass is 405 g/mol. The van der Waals surface area contributed by atoms with Crippen LogP contribution in [0.4, 0.5) is 5.82 Å². The van der Waals surface area contributed by atoms with Gasteiger partial charge in [0.2, 0.25) is 16.8 Å². The van der Waals surface area contributed by atoms with E-state index in [4.69, 9.17) is 14.2 Å². The smallest absolute Gasteiger partial charge is 0.231 e. The molecule has 9 heteroatoms. The molecule has 0 aliphatic carbocycles. The van der Waals surface area contributed by atoms with Gasteiger partial charge in [-0.05, 0) is 30.7 Å². The SMILES string of the molecule is O=S(=O)(CCCOc1ccc2c(c1)OCO2)N1CCN(c2ccccn2)CC1. The molecular formula is C19H23N3O5S. The van der Waals surface area contributed by atoms with Gasteiger partial charge in [-0.25, -0.2) is 13.4 Å². The van der Waals surface area contributed by atoms with Gasteiger partial charge in [-0.15, -0.1) is 0 Å². The highest BCUT2D eigenvalue weighted by Crippen LogP contribution is 2.35. The first-order valence-electron chi connectivity index (χ1n) is 9.28. The van der Waals surface area contributed by atoms with Crippen LogP contribution in [0.2, 0.25) is 0 Å². The van der Waals surface area contributed by atoms with E-state index in [-0.39, 0.29) is 12.5 Å². The standard InChI is InChI=1S/C19H23N3O5S/c23-28(24,22-10-8-21(9-11-22)19-4-1-2-7-20-19)13-3-12-25-16-5-6-17-18(14-16)27-15-26-17/h1-2,4-7,14H,3,8-13,15H2. The number of anilines is 1. The number of pyridine rings is 1. The maximum absolute atomic E-state index is 12.6. The number of rotatable bonds is 7. The van der Waals surface area contributed by atoms with Gasteiger partial charge in [0.1, 0.15) is 11.6 Å². The van der Waals surface area contributed by atoms with Crippen LogP contribution in [0.3, 0.4) is 0 Å². The summed E-state index contributed by atoms with van der Waals surface area (Å²) < 4.78 is 43.0. The van der Waals surface area contributed by atoms with Crippen LogP contribution in [-0.2, 0) is 10.0 Å².